The fraction of sp³-hybridized carbons (Fsp3) is 0.227. The van der Waals surface area contributed by atoms with Crippen LogP contribution in [0.2, 0.25) is 0 Å². The number of rotatable bonds is 6. The van der Waals surface area contributed by atoms with Crippen LogP contribution < -0.4 is 4.90 Å². The van der Waals surface area contributed by atoms with Gasteiger partial charge in [-0.05, 0) is 42.3 Å². The maximum absolute atomic E-state index is 13.0. The molecule has 134 valence electrons. The zero-order valence-electron chi connectivity index (χ0n) is 15.4. The maximum Gasteiger partial charge on any atom is 0.290 e. The number of hydrogen-bond acceptors (Lipinski definition) is 3. The van der Waals surface area contributed by atoms with Crippen molar-refractivity contribution in [2.24, 2.45) is 0 Å². The molecule has 0 saturated carbocycles. The summed E-state index contributed by atoms with van der Waals surface area (Å²) < 4.78 is 5.35. The van der Waals surface area contributed by atoms with E-state index in [0.717, 1.165) is 16.8 Å². The molecule has 4 heteroatoms. The van der Waals surface area contributed by atoms with Crippen molar-refractivity contribution >= 4 is 11.6 Å². The van der Waals surface area contributed by atoms with Crippen molar-refractivity contribution in [2.75, 3.05) is 19.0 Å². The van der Waals surface area contributed by atoms with E-state index < -0.39 is 0 Å². The molecule has 1 heterocycles. The Morgan fingerprint density at radius 1 is 0.962 bits per heavy atom. The van der Waals surface area contributed by atoms with Crippen molar-refractivity contribution in [1.82, 2.24) is 4.90 Å². The van der Waals surface area contributed by atoms with Gasteiger partial charge in [-0.1, -0.05) is 42.5 Å². The highest BCUT2D eigenvalue weighted by molar-refractivity contribution is 5.91. The van der Waals surface area contributed by atoms with E-state index in [1.54, 1.807) is 12.1 Å². The summed E-state index contributed by atoms with van der Waals surface area (Å²) in [5.74, 6) is 0.251. The third-order valence-corrected chi connectivity index (χ3v) is 4.55. The van der Waals surface area contributed by atoms with Gasteiger partial charge in [0.15, 0.2) is 5.76 Å². The highest BCUT2D eigenvalue weighted by Crippen LogP contribution is 2.25. The zero-order valence-corrected chi connectivity index (χ0v) is 15.4. The Morgan fingerprint density at radius 2 is 1.65 bits per heavy atom. The van der Waals surface area contributed by atoms with Gasteiger partial charge in [0, 0.05) is 26.3 Å². The molecule has 26 heavy (non-hydrogen) atoms. The largest absolute Gasteiger partial charge is 0.459 e. The normalized spacial score (nSPS) is 11.8. The van der Waals surface area contributed by atoms with Crippen molar-refractivity contribution in [2.45, 2.75) is 19.5 Å². The topological polar surface area (TPSA) is 36.7 Å². The van der Waals surface area contributed by atoms with Crippen molar-refractivity contribution in [3.05, 3.63) is 89.9 Å². The van der Waals surface area contributed by atoms with Crippen LogP contribution in [0, 0.1) is 0 Å². The molecule has 0 aliphatic carbocycles. The third kappa shape index (κ3) is 3.97. The molecule has 0 aliphatic rings. The molecule has 0 N–H and O–H groups in total. The molecule has 0 fully saturated rings. The first-order valence-electron chi connectivity index (χ1n) is 8.72. The monoisotopic (exact) mass is 348 g/mol. The summed E-state index contributed by atoms with van der Waals surface area (Å²) in [5.41, 5.74) is 3.31. The molecule has 0 bridgehead atoms. The molecule has 3 aromatic rings. The number of carbonyl (C=O) groups is 1. The van der Waals surface area contributed by atoms with E-state index in [-0.39, 0.29) is 11.9 Å². The lowest BCUT2D eigenvalue weighted by molar-refractivity contribution is 0.0641. The Labute approximate surface area is 154 Å². The molecular weight excluding hydrogens is 324 g/mol. The van der Waals surface area contributed by atoms with Crippen LogP contribution in [0.15, 0.2) is 77.4 Å². The van der Waals surface area contributed by atoms with Crippen molar-refractivity contribution in [3.63, 3.8) is 0 Å². The Balaban J connectivity index is 1.88. The van der Waals surface area contributed by atoms with Gasteiger partial charge in [-0.2, -0.15) is 0 Å². The number of nitrogens with zero attached hydrogens (tertiary/aromatic N) is 2. The molecule has 2 aromatic carbocycles. The highest BCUT2D eigenvalue weighted by atomic mass is 16.3. The summed E-state index contributed by atoms with van der Waals surface area (Å²) in [4.78, 5) is 16.9. The van der Waals surface area contributed by atoms with Crippen LogP contribution >= 0.6 is 0 Å². The second-order valence-electron chi connectivity index (χ2n) is 6.56. The predicted octanol–water partition coefficient (Wildman–Crippen LogP) is 4.75. The SMILES string of the molecule is CC(c1ccccc1)N(Cc1ccc(N(C)C)cc1)C(=O)c1ccco1. The Hall–Kier alpha value is -3.01. The third-order valence-electron chi connectivity index (χ3n) is 4.55. The summed E-state index contributed by atoms with van der Waals surface area (Å²) in [6.07, 6.45) is 1.53. The van der Waals surface area contributed by atoms with Gasteiger partial charge < -0.3 is 14.2 Å². The van der Waals surface area contributed by atoms with Gasteiger partial charge in [-0.15, -0.1) is 0 Å². The number of hydrogen-bond donors (Lipinski definition) is 0. The first kappa shape index (κ1) is 17.8. The van der Waals surface area contributed by atoms with E-state index in [0.29, 0.717) is 12.3 Å². The average Bonchev–Trinajstić information content (AvgIpc) is 3.21. The summed E-state index contributed by atoms with van der Waals surface area (Å²) >= 11 is 0. The second-order valence-corrected chi connectivity index (χ2v) is 6.56. The van der Waals surface area contributed by atoms with Gasteiger partial charge in [0.25, 0.3) is 5.91 Å². The van der Waals surface area contributed by atoms with E-state index in [9.17, 15) is 4.79 Å². The highest BCUT2D eigenvalue weighted by Gasteiger charge is 2.24. The molecule has 0 spiro atoms. The average molecular weight is 348 g/mol. The lowest BCUT2D eigenvalue weighted by atomic mass is 10.1. The summed E-state index contributed by atoms with van der Waals surface area (Å²) in [6.45, 7) is 2.56. The Morgan fingerprint density at radius 3 is 2.23 bits per heavy atom. The number of amides is 1. The van der Waals surface area contributed by atoms with Gasteiger partial charge >= 0.3 is 0 Å². The van der Waals surface area contributed by atoms with Gasteiger partial charge in [-0.25, -0.2) is 0 Å². The fourth-order valence-corrected chi connectivity index (χ4v) is 2.93. The molecule has 0 saturated heterocycles. The molecular formula is C22H24N2O2. The van der Waals surface area contributed by atoms with Gasteiger partial charge in [0.05, 0.1) is 12.3 Å². The van der Waals surface area contributed by atoms with Crippen LogP contribution in [0.4, 0.5) is 5.69 Å². The zero-order chi connectivity index (χ0) is 18.5. The van der Waals surface area contributed by atoms with E-state index >= 15 is 0 Å². The molecule has 1 atom stereocenters. The minimum atomic E-state index is -0.108. The molecule has 1 aromatic heterocycles. The Bertz CT molecular complexity index is 824. The quantitative estimate of drug-likeness (QED) is 0.645. The number of carbonyl (C=O) groups excluding carboxylic acids is 1. The van der Waals surface area contributed by atoms with Gasteiger partial charge in [0.1, 0.15) is 0 Å². The molecule has 0 aliphatic heterocycles. The summed E-state index contributed by atoms with van der Waals surface area (Å²) in [6, 6.07) is 21.7. The summed E-state index contributed by atoms with van der Waals surface area (Å²) in [5, 5.41) is 0. The van der Waals surface area contributed by atoms with Crippen molar-refractivity contribution < 1.29 is 9.21 Å². The first-order chi connectivity index (χ1) is 12.6. The van der Waals surface area contributed by atoms with E-state index in [1.807, 2.05) is 56.3 Å². The molecule has 1 unspecified atom stereocenters. The minimum absolute atomic E-state index is 0.0673. The number of anilines is 1. The smallest absolute Gasteiger partial charge is 0.290 e. The number of furan rings is 1. The fourth-order valence-electron chi connectivity index (χ4n) is 2.93. The van der Waals surface area contributed by atoms with Crippen LogP contribution in [-0.4, -0.2) is 24.9 Å². The Kier molecular flexibility index (Phi) is 5.42. The van der Waals surface area contributed by atoms with E-state index in [1.165, 1.54) is 6.26 Å². The summed E-state index contributed by atoms with van der Waals surface area (Å²) in [7, 11) is 4.03. The number of benzene rings is 2. The van der Waals surface area contributed by atoms with E-state index in [4.69, 9.17) is 4.42 Å². The van der Waals surface area contributed by atoms with Crippen LogP contribution in [0.3, 0.4) is 0 Å². The lowest BCUT2D eigenvalue weighted by Crippen LogP contribution is -2.33. The predicted molar refractivity (Wildman–Crippen MR) is 104 cm³/mol. The van der Waals surface area contributed by atoms with Crippen LogP contribution in [0.1, 0.15) is 34.6 Å². The van der Waals surface area contributed by atoms with Gasteiger partial charge in [0.2, 0.25) is 0 Å². The molecule has 4 nitrogen and oxygen atoms in total. The molecule has 3 rings (SSSR count). The first-order valence-corrected chi connectivity index (χ1v) is 8.72. The molecule has 0 radical (unpaired) electrons. The van der Waals surface area contributed by atoms with Crippen molar-refractivity contribution in [1.29, 1.82) is 0 Å². The van der Waals surface area contributed by atoms with Crippen LogP contribution in [-0.2, 0) is 6.54 Å². The van der Waals surface area contributed by atoms with Gasteiger partial charge in [-0.3, -0.25) is 4.79 Å². The van der Waals surface area contributed by atoms with Crippen LogP contribution in [0.25, 0.3) is 0 Å². The second kappa shape index (κ2) is 7.91. The minimum Gasteiger partial charge on any atom is -0.459 e. The van der Waals surface area contributed by atoms with Crippen molar-refractivity contribution in [3.8, 4) is 0 Å². The standard InChI is InChI=1S/C22H24N2O2/c1-17(19-8-5-4-6-9-19)24(22(25)21-10-7-15-26-21)16-18-11-13-20(14-12-18)23(2)3/h4-15,17H,16H2,1-3H3. The lowest BCUT2D eigenvalue weighted by Gasteiger charge is -2.29. The van der Waals surface area contributed by atoms with Crippen LogP contribution in [0.5, 0.6) is 0 Å². The molecule has 1 amide bonds. The maximum atomic E-state index is 13.0. The van der Waals surface area contributed by atoms with E-state index in [2.05, 4.69) is 29.2 Å².